The smallest absolute Gasteiger partial charge is 0.369 e. The number of likely N-dealkylation sites (tertiary alicyclic amines) is 2. The number of H-pyrrole nitrogens is 1. The van der Waals surface area contributed by atoms with Crippen molar-refractivity contribution in [3.8, 4) is 11.4 Å². The van der Waals surface area contributed by atoms with Crippen molar-refractivity contribution < 1.29 is 22.8 Å². The van der Waals surface area contributed by atoms with Crippen LogP contribution in [0.3, 0.4) is 0 Å². The Kier molecular flexibility index (Phi) is 4.68. The minimum atomic E-state index is -4.34. The number of hydrogen-bond acceptors (Lipinski definition) is 4. The lowest BCUT2D eigenvalue weighted by atomic mass is 9.91. The number of amides is 3. The minimum absolute atomic E-state index is 0.0294. The summed E-state index contributed by atoms with van der Waals surface area (Å²) < 4.78 is 39.8. The van der Waals surface area contributed by atoms with Gasteiger partial charge in [0.1, 0.15) is 11.2 Å². The van der Waals surface area contributed by atoms with Gasteiger partial charge in [-0.15, -0.1) is 0 Å². The zero-order chi connectivity index (χ0) is 22.7. The largest absolute Gasteiger partial charge is 0.401 e. The number of halogens is 3. The van der Waals surface area contributed by atoms with Gasteiger partial charge in [-0.3, -0.25) is 9.89 Å². The standard InChI is InChI=1S/C21H23F3N6O2/c22-21(23,24)20(6-7-20)18-26-17(27-28-18)13-3-1-12(2-4-13)15-10-30(11-15)19(32)29-8-5-14(9-29)16(25)31/h1-4,14-15H,5-11H2,(H2,25,31)(H,26,27,28)/t14-/m0/s1. The number of hydrogen-bond donors (Lipinski definition) is 2. The maximum absolute atomic E-state index is 13.3. The van der Waals surface area contributed by atoms with Crippen LogP contribution in [0, 0.1) is 5.92 Å². The molecule has 5 rings (SSSR count). The van der Waals surface area contributed by atoms with Crippen molar-refractivity contribution in [3.05, 3.63) is 35.7 Å². The van der Waals surface area contributed by atoms with Crippen LogP contribution >= 0.6 is 0 Å². The van der Waals surface area contributed by atoms with Gasteiger partial charge in [0, 0.05) is 37.7 Å². The van der Waals surface area contributed by atoms with Crippen molar-refractivity contribution in [2.75, 3.05) is 26.2 Å². The van der Waals surface area contributed by atoms with Crippen LogP contribution in [0.2, 0.25) is 0 Å². The van der Waals surface area contributed by atoms with E-state index in [9.17, 15) is 22.8 Å². The summed E-state index contributed by atoms with van der Waals surface area (Å²) in [6.07, 6.45) is -3.67. The molecule has 3 amide bonds. The first-order valence-electron chi connectivity index (χ1n) is 10.6. The van der Waals surface area contributed by atoms with Crippen molar-refractivity contribution >= 4 is 11.9 Å². The summed E-state index contributed by atoms with van der Waals surface area (Å²) in [7, 11) is 0. The number of carbonyl (C=O) groups is 2. The first kappa shape index (κ1) is 20.8. The molecule has 2 saturated heterocycles. The molecule has 1 aliphatic carbocycles. The van der Waals surface area contributed by atoms with E-state index < -0.39 is 11.6 Å². The van der Waals surface area contributed by atoms with Gasteiger partial charge in [0.05, 0.1) is 5.92 Å². The fourth-order valence-corrected chi connectivity index (χ4v) is 4.50. The average Bonchev–Trinajstić information content (AvgIpc) is 3.17. The van der Waals surface area contributed by atoms with Crippen LogP contribution in [0.25, 0.3) is 11.4 Å². The third-order valence-corrected chi connectivity index (χ3v) is 6.88. The van der Waals surface area contributed by atoms with E-state index in [1.54, 1.807) is 21.9 Å². The van der Waals surface area contributed by atoms with Crippen molar-refractivity contribution in [1.82, 2.24) is 25.0 Å². The summed E-state index contributed by atoms with van der Waals surface area (Å²) >= 11 is 0. The molecule has 0 spiro atoms. The van der Waals surface area contributed by atoms with E-state index in [4.69, 9.17) is 5.73 Å². The van der Waals surface area contributed by atoms with Crippen molar-refractivity contribution in [1.29, 1.82) is 0 Å². The SMILES string of the molecule is NC(=O)[C@H]1CCN(C(=O)N2CC(c3ccc(-c4n[nH]c(C5(C(F)(F)F)CC5)n4)cc3)C2)C1. The molecule has 3 fully saturated rings. The van der Waals surface area contributed by atoms with Crippen LogP contribution in [0.15, 0.2) is 24.3 Å². The second-order valence-corrected chi connectivity index (χ2v) is 8.93. The second kappa shape index (κ2) is 7.21. The number of alkyl halides is 3. The lowest BCUT2D eigenvalue weighted by molar-refractivity contribution is -0.162. The third kappa shape index (κ3) is 3.39. The maximum Gasteiger partial charge on any atom is 0.401 e. The van der Waals surface area contributed by atoms with E-state index >= 15 is 0 Å². The van der Waals surface area contributed by atoms with E-state index in [-0.39, 0.29) is 48.3 Å². The van der Waals surface area contributed by atoms with E-state index in [0.717, 1.165) is 5.56 Å². The van der Waals surface area contributed by atoms with Crippen molar-refractivity contribution in [2.45, 2.75) is 36.8 Å². The number of nitrogens with zero attached hydrogens (tertiary/aromatic N) is 4. The number of benzene rings is 1. The molecule has 0 unspecified atom stereocenters. The number of urea groups is 1. The Bertz CT molecular complexity index is 1040. The van der Waals surface area contributed by atoms with Crippen LogP contribution in [0.5, 0.6) is 0 Å². The van der Waals surface area contributed by atoms with Gasteiger partial charge in [-0.25, -0.2) is 9.78 Å². The van der Waals surface area contributed by atoms with E-state index in [1.165, 1.54) is 0 Å². The van der Waals surface area contributed by atoms with Gasteiger partial charge in [-0.2, -0.15) is 18.3 Å². The van der Waals surface area contributed by atoms with Gasteiger partial charge < -0.3 is 15.5 Å². The van der Waals surface area contributed by atoms with Crippen molar-refractivity contribution in [3.63, 3.8) is 0 Å². The molecule has 8 nitrogen and oxygen atoms in total. The van der Waals surface area contributed by atoms with Gasteiger partial charge in [0.25, 0.3) is 0 Å². The number of primary amides is 1. The van der Waals surface area contributed by atoms with E-state index in [0.29, 0.717) is 38.2 Å². The van der Waals surface area contributed by atoms with Crippen LogP contribution < -0.4 is 5.73 Å². The summed E-state index contributed by atoms with van der Waals surface area (Å²) in [5, 5.41) is 6.45. The van der Waals surface area contributed by atoms with Crippen LogP contribution in [-0.2, 0) is 10.2 Å². The first-order chi connectivity index (χ1) is 15.2. The zero-order valence-corrected chi connectivity index (χ0v) is 17.2. The molecule has 1 saturated carbocycles. The molecule has 1 atom stereocenters. The summed E-state index contributed by atoms with van der Waals surface area (Å²) in [5.74, 6) is -0.342. The van der Waals surface area contributed by atoms with Crippen LogP contribution in [0.4, 0.5) is 18.0 Å². The molecular formula is C21H23F3N6O2. The number of rotatable bonds is 4. The molecule has 170 valence electrons. The van der Waals surface area contributed by atoms with Crippen LogP contribution in [-0.4, -0.2) is 69.3 Å². The van der Waals surface area contributed by atoms with Crippen LogP contribution in [0.1, 0.15) is 36.6 Å². The minimum Gasteiger partial charge on any atom is -0.369 e. The molecular weight excluding hydrogens is 425 g/mol. The monoisotopic (exact) mass is 448 g/mol. The molecule has 32 heavy (non-hydrogen) atoms. The molecule has 0 radical (unpaired) electrons. The molecule has 1 aromatic carbocycles. The maximum atomic E-state index is 13.3. The van der Waals surface area contributed by atoms with Gasteiger partial charge in [0.2, 0.25) is 5.91 Å². The number of carbonyl (C=O) groups excluding carboxylic acids is 2. The zero-order valence-electron chi connectivity index (χ0n) is 17.2. The first-order valence-corrected chi connectivity index (χ1v) is 10.6. The van der Waals surface area contributed by atoms with Gasteiger partial charge in [-0.1, -0.05) is 24.3 Å². The number of aromatic nitrogens is 3. The summed E-state index contributed by atoms with van der Waals surface area (Å²) in [6.45, 7) is 2.07. The van der Waals surface area contributed by atoms with E-state index in [2.05, 4.69) is 15.2 Å². The number of aromatic amines is 1. The summed E-state index contributed by atoms with van der Waals surface area (Å²) in [5.41, 5.74) is 5.12. The Morgan fingerprint density at radius 1 is 1.09 bits per heavy atom. The third-order valence-electron chi connectivity index (χ3n) is 6.88. The topological polar surface area (TPSA) is 108 Å². The Morgan fingerprint density at radius 2 is 1.78 bits per heavy atom. The average molecular weight is 448 g/mol. The molecule has 2 aliphatic heterocycles. The predicted octanol–water partition coefficient (Wildman–Crippen LogP) is 2.39. The summed E-state index contributed by atoms with van der Waals surface area (Å²) in [4.78, 5) is 31.4. The fraction of sp³-hybridized carbons (Fsp3) is 0.524. The molecule has 11 heteroatoms. The lowest BCUT2D eigenvalue weighted by Gasteiger charge is -2.41. The Balaban J connectivity index is 1.19. The van der Waals surface area contributed by atoms with Gasteiger partial charge in [-0.05, 0) is 24.8 Å². The lowest BCUT2D eigenvalue weighted by Crippen LogP contribution is -2.53. The predicted molar refractivity (Wildman–Crippen MR) is 107 cm³/mol. The molecule has 3 heterocycles. The Morgan fingerprint density at radius 3 is 2.34 bits per heavy atom. The highest BCUT2D eigenvalue weighted by Gasteiger charge is 2.66. The Labute approximate surface area is 182 Å². The fourth-order valence-electron chi connectivity index (χ4n) is 4.50. The normalized spacial score (nSPS) is 22.7. The highest BCUT2D eigenvalue weighted by molar-refractivity contribution is 5.80. The highest BCUT2D eigenvalue weighted by Crippen LogP contribution is 2.57. The number of nitrogens with one attached hydrogen (secondary N) is 1. The second-order valence-electron chi connectivity index (χ2n) is 8.93. The highest BCUT2D eigenvalue weighted by atomic mass is 19.4. The molecule has 3 aliphatic rings. The van der Waals surface area contributed by atoms with Gasteiger partial charge in [0.15, 0.2) is 5.82 Å². The molecule has 1 aromatic heterocycles. The van der Waals surface area contributed by atoms with Crippen molar-refractivity contribution in [2.24, 2.45) is 11.7 Å². The number of nitrogens with two attached hydrogens (primary N) is 1. The molecule has 3 N–H and O–H groups in total. The van der Waals surface area contributed by atoms with E-state index in [1.807, 2.05) is 12.1 Å². The quantitative estimate of drug-likeness (QED) is 0.749. The Hall–Kier alpha value is -3.11. The molecule has 0 bridgehead atoms. The molecule has 2 aromatic rings. The van der Waals surface area contributed by atoms with Gasteiger partial charge >= 0.3 is 12.2 Å². The summed E-state index contributed by atoms with van der Waals surface area (Å²) in [6, 6.07) is 7.30.